The van der Waals surface area contributed by atoms with Crippen molar-refractivity contribution in [2.24, 2.45) is 0 Å². The second kappa shape index (κ2) is 10.6. The highest BCUT2D eigenvalue weighted by Gasteiger charge is 2.26. The zero-order chi connectivity index (χ0) is 35.8. The molecule has 254 valence electrons. The van der Waals surface area contributed by atoms with Crippen LogP contribution >= 0.6 is 0 Å². The van der Waals surface area contributed by atoms with Crippen molar-refractivity contribution in [2.45, 2.75) is 0 Å². The summed E-state index contributed by atoms with van der Waals surface area (Å²) in [6.07, 6.45) is 0. The summed E-state index contributed by atoms with van der Waals surface area (Å²) in [6.45, 7) is 0. The number of fused-ring (bicyclic) bond motifs is 14. The molecule has 0 fully saturated rings. The monoisotopic (exact) mass is 698 g/mol. The Balaban J connectivity index is 1.22. The minimum absolute atomic E-state index is 0.900. The van der Waals surface area contributed by atoms with Crippen molar-refractivity contribution in [3.05, 3.63) is 182 Å². The van der Waals surface area contributed by atoms with Crippen LogP contribution in [0.2, 0.25) is 0 Å². The van der Waals surface area contributed by atoms with Crippen molar-refractivity contribution in [3.63, 3.8) is 0 Å². The molecule has 0 unspecified atom stereocenters. The number of furan rings is 1. The molecule has 3 heterocycles. The summed E-state index contributed by atoms with van der Waals surface area (Å²) in [5.41, 5.74) is 16.3. The standard InChI is InChI=1S/C52H30N2O/c1-2-12-31(13-3-1)32-14-10-16-34(28-32)54-44-22-8-6-19-38(44)41-24-26-45-49(51(41)54)50-46(27-25-42-39-20-7-9-23-47(39)55-52(42)50)53(45)35-29-33-15-11-21-40-36-17-4-5-18-37(36)43(30-35)48(33)40/h1-30H. The van der Waals surface area contributed by atoms with E-state index in [0.717, 1.165) is 49.7 Å². The Morgan fingerprint density at radius 1 is 0.345 bits per heavy atom. The van der Waals surface area contributed by atoms with Crippen LogP contribution in [0.4, 0.5) is 0 Å². The SMILES string of the molecule is c1ccc(-c2cccc(-n3c4ccccc4c4ccc5c(c6c7oc8ccccc8c7ccc6n5-c5cc6c7c(cccc7c5)-c5ccccc5-6)c43)c2)cc1. The summed E-state index contributed by atoms with van der Waals surface area (Å²) in [5.74, 6) is 0. The predicted molar refractivity (Wildman–Crippen MR) is 230 cm³/mol. The van der Waals surface area contributed by atoms with Gasteiger partial charge in [-0.05, 0) is 98.8 Å². The van der Waals surface area contributed by atoms with Crippen LogP contribution in [-0.4, -0.2) is 9.13 Å². The molecule has 1 aliphatic rings. The largest absolute Gasteiger partial charge is 0.455 e. The Morgan fingerprint density at radius 3 is 1.93 bits per heavy atom. The van der Waals surface area contributed by atoms with E-state index in [1.807, 2.05) is 0 Å². The Bertz CT molecular complexity index is 3600. The van der Waals surface area contributed by atoms with Crippen LogP contribution in [0.1, 0.15) is 0 Å². The van der Waals surface area contributed by atoms with E-state index in [9.17, 15) is 0 Å². The highest BCUT2D eigenvalue weighted by atomic mass is 16.3. The third kappa shape index (κ3) is 3.84. The van der Waals surface area contributed by atoms with Crippen LogP contribution in [0.3, 0.4) is 0 Å². The lowest BCUT2D eigenvalue weighted by molar-refractivity contribution is 0.673. The Morgan fingerprint density at radius 2 is 1.04 bits per heavy atom. The van der Waals surface area contributed by atoms with Gasteiger partial charge in [0.15, 0.2) is 0 Å². The third-order valence-electron chi connectivity index (χ3n) is 12.0. The van der Waals surface area contributed by atoms with E-state index < -0.39 is 0 Å². The maximum atomic E-state index is 6.92. The van der Waals surface area contributed by atoms with Crippen LogP contribution in [0, 0.1) is 0 Å². The van der Waals surface area contributed by atoms with Crippen molar-refractivity contribution in [1.82, 2.24) is 9.13 Å². The molecule has 3 heteroatoms. The molecule has 0 N–H and O–H groups in total. The van der Waals surface area contributed by atoms with Gasteiger partial charge in [-0.15, -0.1) is 0 Å². The molecular weight excluding hydrogens is 669 g/mol. The summed E-state index contributed by atoms with van der Waals surface area (Å²) < 4.78 is 11.9. The average molecular weight is 699 g/mol. The van der Waals surface area contributed by atoms with Crippen molar-refractivity contribution >= 4 is 76.3 Å². The van der Waals surface area contributed by atoms with Gasteiger partial charge in [0.2, 0.25) is 0 Å². The first kappa shape index (κ1) is 29.1. The summed E-state index contributed by atoms with van der Waals surface area (Å²) in [7, 11) is 0. The summed E-state index contributed by atoms with van der Waals surface area (Å²) in [4.78, 5) is 0. The number of rotatable bonds is 3. The van der Waals surface area contributed by atoms with Crippen LogP contribution in [0.15, 0.2) is 186 Å². The van der Waals surface area contributed by atoms with Gasteiger partial charge in [-0.2, -0.15) is 0 Å². The third-order valence-corrected chi connectivity index (χ3v) is 12.0. The zero-order valence-corrected chi connectivity index (χ0v) is 29.6. The second-order valence-corrected chi connectivity index (χ2v) is 14.8. The lowest BCUT2D eigenvalue weighted by Gasteiger charge is -2.13. The zero-order valence-electron chi connectivity index (χ0n) is 29.6. The molecule has 0 saturated heterocycles. The molecule has 0 atom stereocenters. The minimum atomic E-state index is 0.900. The van der Waals surface area contributed by atoms with Gasteiger partial charge in [0, 0.05) is 38.3 Å². The van der Waals surface area contributed by atoms with Gasteiger partial charge in [0.05, 0.1) is 27.5 Å². The van der Waals surface area contributed by atoms with Crippen LogP contribution in [-0.2, 0) is 0 Å². The van der Waals surface area contributed by atoms with Crippen LogP contribution < -0.4 is 0 Å². The predicted octanol–water partition coefficient (Wildman–Crippen LogP) is 14.2. The molecule has 0 amide bonds. The normalized spacial score (nSPS) is 12.4. The number of nitrogens with zero attached hydrogens (tertiary/aromatic N) is 2. The fraction of sp³-hybridized carbons (Fsp3) is 0. The molecular formula is C52H30N2O. The van der Waals surface area contributed by atoms with Crippen LogP contribution in [0.5, 0.6) is 0 Å². The number of hydrogen-bond acceptors (Lipinski definition) is 1. The van der Waals surface area contributed by atoms with Crippen molar-refractivity contribution in [2.75, 3.05) is 0 Å². The first-order chi connectivity index (χ1) is 27.3. The second-order valence-electron chi connectivity index (χ2n) is 14.8. The maximum Gasteiger partial charge on any atom is 0.145 e. The minimum Gasteiger partial charge on any atom is -0.455 e. The van der Waals surface area contributed by atoms with Crippen molar-refractivity contribution < 1.29 is 4.42 Å². The Kier molecular flexibility index (Phi) is 5.63. The quantitative estimate of drug-likeness (QED) is 0.180. The molecule has 12 aromatic rings. The molecule has 3 aromatic heterocycles. The first-order valence-corrected chi connectivity index (χ1v) is 18.9. The molecule has 0 saturated carbocycles. The molecule has 3 nitrogen and oxygen atoms in total. The number of benzene rings is 9. The molecule has 1 aliphatic carbocycles. The smallest absolute Gasteiger partial charge is 0.145 e. The average Bonchev–Trinajstić information content (AvgIpc) is 3.98. The Hall–Kier alpha value is -7.36. The molecule has 0 radical (unpaired) electrons. The number of para-hydroxylation sites is 2. The molecule has 55 heavy (non-hydrogen) atoms. The Labute approximate surface area is 315 Å². The molecule has 9 aromatic carbocycles. The van der Waals surface area contributed by atoms with Gasteiger partial charge >= 0.3 is 0 Å². The van der Waals surface area contributed by atoms with E-state index in [0.29, 0.717) is 0 Å². The molecule has 0 aliphatic heterocycles. The van der Waals surface area contributed by atoms with Gasteiger partial charge in [0.25, 0.3) is 0 Å². The van der Waals surface area contributed by atoms with E-state index in [4.69, 9.17) is 4.42 Å². The van der Waals surface area contributed by atoms with Gasteiger partial charge in [-0.1, -0.05) is 127 Å². The summed E-state index contributed by atoms with van der Waals surface area (Å²) in [5, 5.41) is 9.59. The lowest BCUT2D eigenvalue weighted by Crippen LogP contribution is -1.96. The van der Waals surface area contributed by atoms with Crippen molar-refractivity contribution in [3.8, 4) is 44.8 Å². The fourth-order valence-corrected chi connectivity index (χ4v) is 9.75. The van der Waals surface area contributed by atoms with Gasteiger partial charge in [0.1, 0.15) is 11.2 Å². The molecule has 0 bridgehead atoms. The van der Waals surface area contributed by atoms with Gasteiger partial charge < -0.3 is 13.6 Å². The highest BCUT2D eigenvalue weighted by Crippen LogP contribution is 2.50. The summed E-state index contributed by atoms with van der Waals surface area (Å²) >= 11 is 0. The molecule has 0 spiro atoms. The number of aromatic nitrogens is 2. The molecule has 13 rings (SSSR count). The van der Waals surface area contributed by atoms with Gasteiger partial charge in [-0.25, -0.2) is 0 Å². The van der Waals surface area contributed by atoms with E-state index in [2.05, 4.69) is 191 Å². The fourth-order valence-electron chi connectivity index (χ4n) is 9.75. The summed E-state index contributed by atoms with van der Waals surface area (Å²) in [6, 6.07) is 66.4. The maximum absolute atomic E-state index is 6.92. The lowest BCUT2D eigenvalue weighted by atomic mass is 10.0. The van der Waals surface area contributed by atoms with Gasteiger partial charge in [-0.3, -0.25) is 0 Å². The highest BCUT2D eigenvalue weighted by molar-refractivity contribution is 6.32. The van der Waals surface area contributed by atoms with E-state index >= 15 is 0 Å². The van der Waals surface area contributed by atoms with E-state index in [1.54, 1.807) is 0 Å². The number of hydrogen-bond donors (Lipinski definition) is 0. The van der Waals surface area contributed by atoms with E-state index in [-0.39, 0.29) is 0 Å². The topological polar surface area (TPSA) is 23.0 Å². The first-order valence-electron chi connectivity index (χ1n) is 18.9. The van der Waals surface area contributed by atoms with E-state index in [1.165, 1.54) is 71.3 Å². The van der Waals surface area contributed by atoms with Crippen molar-refractivity contribution in [1.29, 1.82) is 0 Å². The van der Waals surface area contributed by atoms with Crippen LogP contribution in [0.25, 0.3) is 121 Å².